The first kappa shape index (κ1) is 15.9. The molecule has 22 heavy (non-hydrogen) atoms. The van der Waals surface area contributed by atoms with Crippen LogP contribution in [0.25, 0.3) is 0 Å². The maximum absolute atomic E-state index is 13.0. The fourth-order valence-corrected chi connectivity index (χ4v) is 4.77. The molecule has 0 saturated carbocycles. The Morgan fingerprint density at radius 2 is 1.95 bits per heavy atom. The Morgan fingerprint density at radius 1 is 1.23 bits per heavy atom. The van der Waals surface area contributed by atoms with Crippen LogP contribution in [0, 0.1) is 5.82 Å². The normalized spacial score (nSPS) is 27.0. The minimum absolute atomic E-state index is 0.154. The Bertz CT molecular complexity index is 620. The number of benzene rings is 1. The van der Waals surface area contributed by atoms with Crippen molar-refractivity contribution in [3.05, 3.63) is 30.1 Å². The zero-order valence-corrected chi connectivity index (χ0v) is 13.4. The van der Waals surface area contributed by atoms with E-state index in [0.717, 1.165) is 13.0 Å². The molecule has 0 aromatic heterocycles. The number of ether oxygens (including phenoxy) is 1. The lowest BCUT2D eigenvalue weighted by Gasteiger charge is -2.36. The zero-order valence-electron chi connectivity index (χ0n) is 12.6. The van der Waals surface area contributed by atoms with Gasteiger partial charge in [-0.3, -0.25) is 4.90 Å². The monoisotopic (exact) mass is 328 g/mol. The van der Waals surface area contributed by atoms with Crippen molar-refractivity contribution in [2.24, 2.45) is 0 Å². The highest BCUT2D eigenvalue weighted by Gasteiger charge is 2.40. The van der Waals surface area contributed by atoms with Crippen molar-refractivity contribution in [2.75, 3.05) is 32.8 Å². The lowest BCUT2D eigenvalue weighted by Crippen LogP contribution is -2.51. The van der Waals surface area contributed by atoms with Gasteiger partial charge < -0.3 is 4.74 Å². The molecule has 0 N–H and O–H groups in total. The van der Waals surface area contributed by atoms with E-state index < -0.39 is 15.8 Å². The summed E-state index contributed by atoms with van der Waals surface area (Å²) in [6.45, 7) is 5.20. The molecular formula is C15H21FN2O3S. The fourth-order valence-electron chi connectivity index (χ4n) is 3.30. The van der Waals surface area contributed by atoms with Crippen molar-refractivity contribution in [1.82, 2.24) is 9.21 Å². The molecule has 2 atom stereocenters. The maximum Gasteiger partial charge on any atom is 0.243 e. The van der Waals surface area contributed by atoms with Crippen LogP contribution in [0.1, 0.15) is 13.3 Å². The van der Waals surface area contributed by atoms with E-state index in [9.17, 15) is 12.8 Å². The highest BCUT2D eigenvalue weighted by atomic mass is 32.2. The highest BCUT2D eigenvalue weighted by Crippen LogP contribution is 2.27. The first-order valence-corrected chi connectivity index (χ1v) is 9.06. The molecule has 1 aromatic rings. The van der Waals surface area contributed by atoms with Crippen LogP contribution < -0.4 is 0 Å². The molecule has 0 unspecified atom stereocenters. The number of halogens is 1. The second-order valence-electron chi connectivity index (χ2n) is 5.78. The summed E-state index contributed by atoms with van der Waals surface area (Å²) >= 11 is 0. The highest BCUT2D eigenvalue weighted by molar-refractivity contribution is 7.89. The van der Waals surface area contributed by atoms with Crippen molar-refractivity contribution in [3.8, 4) is 0 Å². The standard InChI is InChI=1S/C15H21FN2O3S/c1-2-21-14-9-13-10-18(8-7-17(13)11-14)22(19,20)15-5-3-12(16)4-6-15/h3-6,13-14H,2,7-11H2,1H3/t13-,14+/m0/s1. The van der Waals surface area contributed by atoms with E-state index in [1.54, 1.807) is 0 Å². The summed E-state index contributed by atoms with van der Waals surface area (Å²) in [4.78, 5) is 2.46. The Morgan fingerprint density at radius 3 is 2.64 bits per heavy atom. The molecule has 0 bridgehead atoms. The molecule has 2 aliphatic rings. The number of fused-ring (bicyclic) bond motifs is 1. The van der Waals surface area contributed by atoms with Crippen molar-refractivity contribution in [2.45, 2.75) is 30.4 Å². The summed E-state index contributed by atoms with van der Waals surface area (Å²) < 4.78 is 45.4. The number of rotatable bonds is 4. The van der Waals surface area contributed by atoms with Gasteiger partial charge in [-0.25, -0.2) is 12.8 Å². The molecule has 2 aliphatic heterocycles. The number of hydrogen-bond acceptors (Lipinski definition) is 4. The topological polar surface area (TPSA) is 49.9 Å². The molecule has 5 nitrogen and oxygen atoms in total. The lowest BCUT2D eigenvalue weighted by molar-refractivity contribution is 0.0686. The van der Waals surface area contributed by atoms with Crippen molar-refractivity contribution in [3.63, 3.8) is 0 Å². The van der Waals surface area contributed by atoms with E-state index in [1.165, 1.54) is 28.6 Å². The molecule has 2 fully saturated rings. The van der Waals surface area contributed by atoms with Gasteiger partial charge in [0.2, 0.25) is 10.0 Å². The van der Waals surface area contributed by atoms with Crippen LogP contribution in [-0.4, -0.2) is 62.6 Å². The molecule has 3 rings (SSSR count). The molecule has 2 heterocycles. The lowest BCUT2D eigenvalue weighted by atomic mass is 10.2. The van der Waals surface area contributed by atoms with Gasteiger partial charge in [-0.1, -0.05) is 0 Å². The number of piperazine rings is 1. The van der Waals surface area contributed by atoms with Crippen LogP contribution in [0.15, 0.2) is 29.2 Å². The van der Waals surface area contributed by atoms with Gasteiger partial charge in [0.05, 0.1) is 11.0 Å². The van der Waals surface area contributed by atoms with Crippen molar-refractivity contribution < 1.29 is 17.5 Å². The largest absolute Gasteiger partial charge is 0.377 e. The number of nitrogens with zero attached hydrogens (tertiary/aromatic N) is 2. The van der Waals surface area contributed by atoms with E-state index in [2.05, 4.69) is 4.90 Å². The first-order valence-electron chi connectivity index (χ1n) is 7.62. The molecule has 7 heteroatoms. The summed E-state index contributed by atoms with van der Waals surface area (Å²) in [6.07, 6.45) is 1.06. The zero-order chi connectivity index (χ0) is 15.7. The summed E-state index contributed by atoms with van der Waals surface area (Å²) in [5.74, 6) is -0.431. The number of hydrogen-bond donors (Lipinski definition) is 0. The maximum atomic E-state index is 13.0. The molecule has 0 aliphatic carbocycles. The average molecular weight is 328 g/mol. The third-order valence-corrected chi connectivity index (χ3v) is 6.27. The molecule has 0 amide bonds. The van der Waals surface area contributed by atoms with Crippen LogP contribution in [0.4, 0.5) is 4.39 Å². The fraction of sp³-hybridized carbons (Fsp3) is 0.600. The minimum Gasteiger partial charge on any atom is -0.377 e. The summed E-state index contributed by atoms with van der Waals surface area (Å²) in [5, 5.41) is 0. The second kappa shape index (κ2) is 6.23. The van der Waals surface area contributed by atoms with Crippen molar-refractivity contribution >= 4 is 10.0 Å². The van der Waals surface area contributed by atoms with Crippen molar-refractivity contribution in [1.29, 1.82) is 0 Å². The summed E-state index contributed by atoms with van der Waals surface area (Å²) in [5.41, 5.74) is 0. The Kier molecular flexibility index (Phi) is 4.49. The van der Waals surface area contributed by atoms with Crippen LogP contribution in [-0.2, 0) is 14.8 Å². The van der Waals surface area contributed by atoms with Crippen LogP contribution in [0.2, 0.25) is 0 Å². The predicted octanol–water partition coefficient (Wildman–Crippen LogP) is 1.31. The quantitative estimate of drug-likeness (QED) is 0.836. The summed E-state index contributed by atoms with van der Waals surface area (Å²) in [6, 6.07) is 5.23. The SMILES string of the molecule is CCO[C@@H]1C[C@H]2CN(S(=O)(=O)c3ccc(F)cc3)CCN2C1. The van der Waals surface area contributed by atoms with E-state index in [1.807, 2.05) is 6.92 Å². The van der Waals surface area contributed by atoms with Gasteiger partial charge in [0, 0.05) is 38.8 Å². The van der Waals surface area contributed by atoms with E-state index in [4.69, 9.17) is 4.74 Å². The third-order valence-electron chi connectivity index (χ3n) is 4.39. The van der Waals surface area contributed by atoms with Gasteiger partial charge >= 0.3 is 0 Å². The molecule has 122 valence electrons. The Labute approximate surface area is 130 Å². The van der Waals surface area contributed by atoms with Gasteiger partial charge in [0.1, 0.15) is 5.82 Å². The molecular weight excluding hydrogens is 307 g/mol. The second-order valence-corrected chi connectivity index (χ2v) is 7.72. The molecule has 1 aromatic carbocycles. The van der Waals surface area contributed by atoms with Crippen LogP contribution in [0.5, 0.6) is 0 Å². The van der Waals surface area contributed by atoms with Crippen LogP contribution in [0.3, 0.4) is 0 Å². The van der Waals surface area contributed by atoms with Gasteiger partial charge in [0.15, 0.2) is 0 Å². The minimum atomic E-state index is -3.55. The molecule has 0 radical (unpaired) electrons. The molecule has 0 spiro atoms. The van der Waals surface area contributed by atoms with Crippen LogP contribution >= 0.6 is 0 Å². The van der Waals surface area contributed by atoms with Gasteiger partial charge in [0.25, 0.3) is 0 Å². The van der Waals surface area contributed by atoms with E-state index >= 15 is 0 Å². The third kappa shape index (κ3) is 3.03. The van der Waals surface area contributed by atoms with Gasteiger partial charge in [-0.05, 0) is 37.6 Å². The average Bonchev–Trinajstić information content (AvgIpc) is 2.89. The van der Waals surface area contributed by atoms with Gasteiger partial charge in [-0.15, -0.1) is 0 Å². The smallest absolute Gasteiger partial charge is 0.243 e. The van der Waals surface area contributed by atoms with Gasteiger partial charge in [-0.2, -0.15) is 4.31 Å². The first-order chi connectivity index (χ1) is 10.5. The predicted molar refractivity (Wildman–Crippen MR) is 80.6 cm³/mol. The molecule has 2 saturated heterocycles. The van der Waals surface area contributed by atoms with E-state index in [0.29, 0.717) is 26.2 Å². The Hall–Kier alpha value is -1.02. The number of sulfonamides is 1. The summed E-state index contributed by atoms with van der Waals surface area (Å²) in [7, 11) is -3.55. The van der Waals surface area contributed by atoms with E-state index in [-0.39, 0.29) is 17.0 Å². The Balaban J connectivity index is 1.72.